The Kier molecular flexibility index (Phi) is 4.56. The predicted molar refractivity (Wildman–Crippen MR) is 111 cm³/mol. The Bertz CT molecular complexity index is 1370. The van der Waals surface area contributed by atoms with Crippen LogP contribution < -0.4 is 10.9 Å². The Hall–Kier alpha value is -3.65. The van der Waals surface area contributed by atoms with Crippen molar-refractivity contribution in [2.75, 3.05) is 5.32 Å². The van der Waals surface area contributed by atoms with E-state index in [2.05, 4.69) is 10.4 Å². The number of anilines is 1. The van der Waals surface area contributed by atoms with E-state index in [4.69, 9.17) is 0 Å². The lowest BCUT2D eigenvalue weighted by Gasteiger charge is -2.04. The van der Waals surface area contributed by atoms with Gasteiger partial charge in [0, 0.05) is 11.3 Å². The first-order chi connectivity index (χ1) is 13.9. The molecule has 8 heteroatoms. The summed E-state index contributed by atoms with van der Waals surface area (Å²) in [4.78, 5) is 25.1. The number of hydrogen-bond donors (Lipinski definition) is 2. The highest BCUT2D eigenvalue weighted by atomic mass is 32.2. The van der Waals surface area contributed by atoms with E-state index in [-0.39, 0.29) is 16.2 Å². The maximum Gasteiger partial charge on any atom is 0.289 e. The zero-order valence-corrected chi connectivity index (χ0v) is 16.2. The monoisotopic (exact) mass is 407 g/mol. The smallest absolute Gasteiger partial charge is 0.289 e. The molecule has 0 saturated carbocycles. The van der Waals surface area contributed by atoms with Crippen LogP contribution in [0, 0.1) is 6.92 Å². The molecule has 0 spiro atoms. The molecular formula is C21H17N3O4S. The lowest BCUT2D eigenvalue weighted by atomic mass is 10.2. The number of fused-ring (bicyclic) bond motifs is 1. The van der Waals surface area contributed by atoms with Gasteiger partial charge in [-0.1, -0.05) is 35.9 Å². The van der Waals surface area contributed by atoms with Crippen LogP contribution in [0.1, 0.15) is 15.9 Å². The number of carbonyl (C=O) groups excluding carboxylic acids is 1. The van der Waals surface area contributed by atoms with E-state index in [0.717, 1.165) is 5.56 Å². The average Bonchev–Trinajstić information content (AvgIpc) is 3.06. The van der Waals surface area contributed by atoms with Crippen LogP contribution in [0.4, 0.5) is 5.69 Å². The fourth-order valence-electron chi connectivity index (χ4n) is 2.94. The number of aryl methyl sites for hydroxylation is 1. The van der Waals surface area contributed by atoms with Gasteiger partial charge in [0.1, 0.15) is 0 Å². The van der Waals surface area contributed by atoms with Crippen LogP contribution >= 0.6 is 0 Å². The molecule has 0 aliphatic carbocycles. The Balaban J connectivity index is 1.72. The van der Waals surface area contributed by atoms with Crippen molar-refractivity contribution in [2.45, 2.75) is 11.8 Å². The van der Waals surface area contributed by atoms with Crippen LogP contribution in [0.2, 0.25) is 0 Å². The predicted octanol–water partition coefficient (Wildman–Crippen LogP) is 3.13. The summed E-state index contributed by atoms with van der Waals surface area (Å²) in [5.74, 6) is -0.326. The van der Waals surface area contributed by atoms with Crippen molar-refractivity contribution in [2.24, 2.45) is 0 Å². The van der Waals surface area contributed by atoms with Crippen molar-refractivity contribution in [3.8, 4) is 0 Å². The molecule has 1 amide bonds. The second-order valence-electron chi connectivity index (χ2n) is 6.58. The summed E-state index contributed by atoms with van der Waals surface area (Å²) in [5, 5.41) is 5.50. The van der Waals surface area contributed by atoms with Gasteiger partial charge in [-0.15, -0.1) is 4.09 Å². The molecule has 0 unspecified atom stereocenters. The number of aromatic nitrogens is 2. The molecule has 7 nitrogen and oxygen atoms in total. The molecule has 1 heterocycles. The normalized spacial score (nSPS) is 11.5. The summed E-state index contributed by atoms with van der Waals surface area (Å²) in [7, 11) is -4.07. The largest absolute Gasteiger partial charge is 0.322 e. The second-order valence-corrected chi connectivity index (χ2v) is 8.37. The number of hydrogen-bond acceptors (Lipinski definition) is 4. The van der Waals surface area contributed by atoms with Crippen LogP contribution in [-0.4, -0.2) is 23.5 Å². The lowest BCUT2D eigenvalue weighted by molar-refractivity contribution is 0.102. The minimum Gasteiger partial charge on any atom is -0.322 e. The SMILES string of the molecule is Cc1ccc(S(=O)(=O)n2[nH]c3ccc(NC(=O)c4ccccc4)cc3c2=O)cc1. The maximum atomic E-state index is 12.8. The molecule has 0 bridgehead atoms. The van der Waals surface area contributed by atoms with Crippen molar-refractivity contribution >= 4 is 32.5 Å². The fraction of sp³-hybridized carbons (Fsp3) is 0.0476. The van der Waals surface area contributed by atoms with Crippen LogP contribution in [0.15, 0.2) is 82.5 Å². The summed E-state index contributed by atoms with van der Waals surface area (Å²) in [5.41, 5.74) is 1.41. The molecule has 1 aromatic heterocycles. The first-order valence-electron chi connectivity index (χ1n) is 8.80. The molecule has 0 saturated heterocycles. The van der Waals surface area contributed by atoms with Gasteiger partial charge < -0.3 is 5.32 Å². The number of nitrogens with one attached hydrogen (secondary N) is 2. The highest BCUT2D eigenvalue weighted by molar-refractivity contribution is 7.89. The number of nitrogens with zero attached hydrogens (tertiary/aromatic N) is 1. The fourth-order valence-corrected chi connectivity index (χ4v) is 4.17. The van der Waals surface area contributed by atoms with Gasteiger partial charge in [-0.3, -0.25) is 14.7 Å². The molecule has 0 fully saturated rings. The van der Waals surface area contributed by atoms with Crippen molar-refractivity contribution in [1.29, 1.82) is 0 Å². The average molecular weight is 407 g/mol. The molecule has 2 N–H and O–H groups in total. The standard InChI is InChI=1S/C21H17N3O4S/c1-14-7-10-17(11-8-14)29(27,28)24-21(26)18-13-16(9-12-19(18)23-24)22-20(25)15-5-3-2-4-6-15/h2-13,23H,1H3,(H,22,25). The third-order valence-corrected chi connectivity index (χ3v) is 6.12. The number of aromatic amines is 1. The van der Waals surface area contributed by atoms with Crippen molar-refractivity contribution in [3.05, 3.63) is 94.3 Å². The van der Waals surface area contributed by atoms with Crippen molar-refractivity contribution < 1.29 is 13.2 Å². The quantitative estimate of drug-likeness (QED) is 0.543. The van der Waals surface area contributed by atoms with Crippen molar-refractivity contribution in [1.82, 2.24) is 9.19 Å². The van der Waals surface area contributed by atoms with Gasteiger partial charge in [-0.2, -0.15) is 8.42 Å². The molecule has 0 aliphatic rings. The number of rotatable bonds is 4. The van der Waals surface area contributed by atoms with Crippen LogP contribution in [0.25, 0.3) is 10.9 Å². The summed E-state index contributed by atoms with van der Waals surface area (Å²) >= 11 is 0. The minimum absolute atomic E-state index is 0.00867. The lowest BCUT2D eigenvalue weighted by Crippen LogP contribution is -2.25. The topological polar surface area (TPSA) is 101 Å². The highest BCUT2D eigenvalue weighted by Crippen LogP contribution is 2.19. The molecule has 4 aromatic rings. The van der Waals surface area contributed by atoms with E-state index < -0.39 is 15.6 Å². The van der Waals surface area contributed by atoms with Crippen LogP contribution in [0.3, 0.4) is 0 Å². The molecule has 4 rings (SSSR count). The van der Waals surface area contributed by atoms with Gasteiger partial charge >= 0.3 is 0 Å². The first kappa shape index (κ1) is 18.7. The van der Waals surface area contributed by atoms with E-state index in [1.165, 1.54) is 18.2 Å². The zero-order valence-electron chi connectivity index (χ0n) is 15.4. The number of benzene rings is 3. The number of H-pyrrole nitrogens is 1. The molecule has 29 heavy (non-hydrogen) atoms. The Morgan fingerprint density at radius 2 is 1.66 bits per heavy atom. The van der Waals surface area contributed by atoms with E-state index in [9.17, 15) is 18.0 Å². The van der Waals surface area contributed by atoms with Crippen LogP contribution in [-0.2, 0) is 10.0 Å². The van der Waals surface area contributed by atoms with Crippen LogP contribution in [0.5, 0.6) is 0 Å². The van der Waals surface area contributed by atoms with Gasteiger partial charge in [0.25, 0.3) is 21.5 Å². The Morgan fingerprint density at radius 1 is 0.966 bits per heavy atom. The Morgan fingerprint density at radius 3 is 2.34 bits per heavy atom. The van der Waals surface area contributed by atoms with E-state index in [0.29, 0.717) is 20.9 Å². The van der Waals surface area contributed by atoms with E-state index >= 15 is 0 Å². The van der Waals surface area contributed by atoms with Crippen molar-refractivity contribution in [3.63, 3.8) is 0 Å². The summed E-state index contributed by atoms with van der Waals surface area (Å²) in [6.07, 6.45) is 0. The summed E-state index contributed by atoms with van der Waals surface area (Å²) < 4.78 is 26.3. The summed E-state index contributed by atoms with van der Waals surface area (Å²) in [6, 6.07) is 19.5. The van der Waals surface area contributed by atoms with E-state index in [1.54, 1.807) is 54.6 Å². The zero-order chi connectivity index (χ0) is 20.6. The molecule has 146 valence electrons. The molecule has 3 aromatic carbocycles. The minimum atomic E-state index is -4.07. The van der Waals surface area contributed by atoms with E-state index in [1.807, 2.05) is 6.92 Å². The molecule has 0 atom stereocenters. The van der Waals surface area contributed by atoms with Gasteiger partial charge in [0.2, 0.25) is 0 Å². The van der Waals surface area contributed by atoms with Gasteiger partial charge in [-0.25, -0.2) is 0 Å². The number of carbonyl (C=O) groups is 1. The third kappa shape index (κ3) is 3.45. The first-order valence-corrected chi connectivity index (χ1v) is 10.2. The highest BCUT2D eigenvalue weighted by Gasteiger charge is 2.22. The maximum absolute atomic E-state index is 12.8. The molecule has 0 aliphatic heterocycles. The van der Waals surface area contributed by atoms with Gasteiger partial charge in [0.05, 0.1) is 15.8 Å². The third-order valence-electron chi connectivity index (χ3n) is 4.51. The summed E-state index contributed by atoms with van der Waals surface area (Å²) in [6.45, 7) is 1.84. The van der Waals surface area contributed by atoms with Gasteiger partial charge in [-0.05, 0) is 49.4 Å². The van der Waals surface area contributed by atoms with Gasteiger partial charge in [0.15, 0.2) is 0 Å². The number of amides is 1. The Labute approximate surface area is 166 Å². The molecule has 0 radical (unpaired) electrons. The second kappa shape index (κ2) is 7.06. The molecular weight excluding hydrogens is 390 g/mol.